The van der Waals surface area contributed by atoms with Crippen molar-refractivity contribution in [2.75, 3.05) is 23.3 Å². The van der Waals surface area contributed by atoms with E-state index in [2.05, 4.69) is 20.2 Å². The zero-order chi connectivity index (χ0) is 15.4. The maximum absolute atomic E-state index is 12.4. The largest absolute Gasteiger partial charge is 0.340 e. The zero-order valence-electron chi connectivity index (χ0n) is 12.1. The molecule has 1 aliphatic heterocycles. The molecule has 0 radical (unpaired) electrons. The highest BCUT2D eigenvalue weighted by atomic mass is 35.5. The maximum atomic E-state index is 12.4. The van der Waals surface area contributed by atoms with Gasteiger partial charge in [0.05, 0.1) is 5.92 Å². The lowest BCUT2D eigenvalue weighted by Crippen LogP contribution is -2.41. The van der Waals surface area contributed by atoms with E-state index in [1.165, 1.54) is 0 Å². The van der Waals surface area contributed by atoms with Crippen LogP contribution in [0.4, 0.5) is 11.6 Å². The molecule has 1 N–H and O–H groups in total. The molecule has 1 aromatic carbocycles. The smallest absolute Gasteiger partial charge is 0.229 e. The number of piperidine rings is 1. The SMILES string of the molecule is O=C(Nc1cccc(Cl)c1)C1CCCN(c2ncccn2)C1. The molecule has 0 saturated carbocycles. The van der Waals surface area contributed by atoms with Gasteiger partial charge in [0.2, 0.25) is 11.9 Å². The van der Waals surface area contributed by atoms with Gasteiger partial charge < -0.3 is 10.2 Å². The minimum absolute atomic E-state index is 0.0166. The van der Waals surface area contributed by atoms with Crippen LogP contribution in [-0.2, 0) is 4.79 Å². The van der Waals surface area contributed by atoms with Crippen LogP contribution in [0.15, 0.2) is 42.7 Å². The Morgan fingerprint density at radius 3 is 2.86 bits per heavy atom. The van der Waals surface area contributed by atoms with Crippen molar-refractivity contribution in [3.8, 4) is 0 Å². The number of hydrogen-bond acceptors (Lipinski definition) is 4. The second kappa shape index (κ2) is 6.75. The van der Waals surface area contributed by atoms with Crippen molar-refractivity contribution in [3.63, 3.8) is 0 Å². The highest BCUT2D eigenvalue weighted by Crippen LogP contribution is 2.22. The Labute approximate surface area is 134 Å². The van der Waals surface area contributed by atoms with E-state index in [0.717, 1.165) is 25.1 Å². The minimum Gasteiger partial charge on any atom is -0.340 e. The highest BCUT2D eigenvalue weighted by molar-refractivity contribution is 6.30. The molecule has 1 unspecified atom stereocenters. The number of carbonyl (C=O) groups excluding carboxylic acids is 1. The van der Waals surface area contributed by atoms with E-state index in [-0.39, 0.29) is 11.8 Å². The molecule has 1 saturated heterocycles. The van der Waals surface area contributed by atoms with Crippen molar-refractivity contribution in [3.05, 3.63) is 47.7 Å². The van der Waals surface area contributed by atoms with Gasteiger partial charge >= 0.3 is 0 Å². The number of carbonyl (C=O) groups is 1. The van der Waals surface area contributed by atoms with E-state index in [0.29, 0.717) is 17.5 Å². The highest BCUT2D eigenvalue weighted by Gasteiger charge is 2.27. The summed E-state index contributed by atoms with van der Waals surface area (Å²) in [7, 11) is 0. The fourth-order valence-electron chi connectivity index (χ4n) is 2.64. The first-order chi connectivity index (χ1) is 10.7. The summed E-state index contributed by atoms with van der Waals surface area (Å²) in [5.41, 5.74) is 0.727. The van der Waals surface area contributed by atoms with E-state index >= 15 is 0 Å². The molecule has 1 fully saturated rings. The predicted octanol–water partition coefficient (Wildman–Crippen LogP) is 2.99. The number of aromatic nitrogens is 2. The van der Waals surface area contributed by atoms with Gasteiger partial charge in [-0.3, -0.25) is 4.79 Å². The van der Waals surface area contributed by atoms with Gasteiger partial charge in [-0.2, -0.15) is 0 Å². The summed E-state index contributed by atoms with van der Waals surface area (Å²) in [4.78, 5) is 23.0. The fourth-order valence-corrected chi connectivity index (χ4v) is 2.83. The van der Waals surface area contributed by atoms with Gasteiger partial charge in [-0.05, 0) is 37.1 Å². The third-order valence-electron chi connectivity index (χ3n) is 3.72. The van der Waals surface area contributed by atoms with Gasteiger partial charge in [0.15, 0.2) is 0 Å². The van der Waals surface area contributed by atoms with Crippen molar-refractivity contribution in [1.82, 2.24) is 9.97 Å². The quantitative estimate of drug-likeness (QED) is 0.945. The monoisotopic (exact) mass is 316 g/mol. The molecule has 5 nitrogen and oxygen atoms in total. The number of nitrogens with zero attached hydrogens (tertiary/aromatic N) is 3. The fraction of sp³-hybridized carbons (Fsp3) is 0.312. The first-order valence-corrected chi connectivity index (χ1v) is 7.68. The lowest BCUT2D eigenvalue weighted by atomic mass is 9.97. The van der Waals surface area contributed by atoms with Crippen LogP contribution in [-0.4, -0.2) is 29.0 Å². The summed E-state index contributed by atoms with van der Waals surface area (Å²) in [6.07, 6.45) is 5.26. The Morgan fingerprint density at radius 1 is 1.27 bits per heavy atom. The molecule has 0 aliphatic carbocycles. The molecular weight excluding hydrogens is 300 g/mol. The average molecular weight is 317 g/mol. The Kier molecular flexibility index (Phi) is 4.53. The molecule has 0 spiro atoms. The number of benzene rings is 1. The van der Waals surface area contributed by atoms with Gasteiger partial charge in [0.1, 0.15) is 0 Å². The van der Waals surface area contributed by atoms with Crippen LogP contribution in [0.3, 0.4) is 0 Å². The van der Waals surface area contributed by atoms with Gasteiger partial charge in [-0.25, -0.2) is 9.97 Å². The number of rotatable bonds is 3. The molecule has 114 valence electrons. The number of amides is 1. The Hall–Kier alpha value is -2.14. The third-order valence-corrected chi connectivity index (χ3v) is 3.95. The minimum atomic E-state index is -0.0727. The molecule has 2 heterocycles. The van der Waals surface area contributed by atoms with Crippen LogP contribution in [0.1, 0.15) is 12.8 Å². The summed E-state index contributed by atoms with van der Waals surface area (Å²) in [6.45, 7) is 1.52. The number of nitrogens with one attached hydrogen (secondary N) is 1. The summed E-state index contributed by atoms with van der Waals surface area (Å²) in [6, 6.07) is 8.98. The molecule has 22 heavy (non-hydrogen) atoms. The van der Waals surface area contributed by atoms with Gasteiger partial charge in [0.25, 0.3) is 0 Å². The Balaban J connectivity index is 1.65. The summed E-state index contributed by atoms with van der Waals surface area (Å²) >= 11 is 5.94. The molecule has 1 aliphatic rings. The van der Waals surface area contributed by atoms with Crippen LogP contribution in [0.2, 0.25) is 5.02 Å². The first kappa shape index (κ1) is 14.8. The average Bonchev–Trinajstić information content (AvgIpc) is 2.56. The lowest BCUT2D eigenvalue weighted by molar-refractivity contribution is -0.120. The number of halogens is 1. The van der Waals surface area contributed by atoms with Crippen LogP contribution < -0.4 is 10.2 Å². The topological polar surface area (TPSA) is 58.1 Å². The van der Waals surface area contributed by atoms with Crippen molar-refractivity contribution < 1.29 is 4.79 Å². The van der Waals surface area contributed by atoms with E-state index in [1.807, 2.05) is 12.1 Å². The van der Waals surface area contributed by atoms with Crippen molar-refractivity contribution in [1.29, 1.82) is 0 Å². The van der Waals surface area contributed by atoms with Crippen LogP contribution in [0, 0.1) is 5.92 Å². The van der Waals surface area contributed by atoms with Crippen LogP contribution in [0.25, 0.3) is 0 Å². The van der Waals surface area contributed by atoms with Crippen LogP contribution in [0.5, 0.6) is 0 Å². The summed E-state index contributed by atoms with van der Waals surface area (Å²) < 4.78 is 0. The van der Waals surface area contributed by atoms with E-state index in [9.17, 15) is 4.79 Å². The van der Waals surface area contributed by atoms with Crippen molar-refractivity contribution in [2.45, 2.75) is 12.8 Å². The molecule has 6 heteroatoms. The second-order valence-corrected chi connectivity index (χ2v) is 5.77. The van der Waals surface area contributed by atoms with E-state index in [4.69, 9.17) is 11.6 Å². The number of hydrogen-bond donors (Lipinski definition) is 1. The zero-order valence-corrected chi connectivity index (χ0v) is 12.8. The molecule has 1 aromatic heterocycles. The molecule has 1 atom stereocenters. The van der Waals surface area contributed by atoms with E-state index < -0.39 is 0 Å². The standard InChI is InChI=1S/C16H17ClN4O/c17-13-5-1-6-14(10-13)20-15(22)12-4-2-9-21(11-12)16-18-7-3-8-19-16/h1,3,5-8,10,12H,2,4,9,11H2,(H,20,22). The molecule has 3 rings (SSSR count). The first-order valence-electron chi connectivity index (χ1n) is 7.31. The van der Waals surface area contributed by atoms with Gasteiger partial charge in [-0.15, -0.1) is 0 Å². The second-order valence-electron chi connectivity index (χ2n) is 5.33. The maximum Gasteiger partial charge on any atom is 0.229 e. The predicted molar refractivity (Wildman–Crippen MR) is 87.1 cm³/mol. The third kappa shape index (κ3) is 3.54. The summed E-state index contributed by atoms with van der Waals surface area (Å²) in [5.74, 6) is 0.627. The van der Waals surface area contributed by atoms with Gasteiger partial charge in [-0.1, -0.05) is 17.7 Å². The molecule has 1 amide bonds. The molecule has 2 aromatic rings. The Morgan fingerprint density at radius 2 is 2.09 bits per heavy atom. The van der Waals surface area contributed by atoms with E-state index in [1.54, 1.807) is 30.6 Å². The lowest BCUT2D eigenvalue weighted by Gasteiger charge is -2.31. The summed E-state index contributed by atoms with van der Waals surface area (Å²) in [5, 5.41) is 3.55. The van der Waals surface area contributed by atoms with Crippen LogP contribution >= 0.6 is 11.6 Å². The Bertz CT molecular complexity index is 650. The number of anilines is 2. The van der Waals surface area contributed by atoms with Crippen molar-refractivity contribution >= 4 is 29.1 Å². The molecule has 0 bridgehead atoms. The van der Waals surface area contributed by atoms with Crippen molar-refractivity contribution in [2.24, 2.45) is 5.92 Å². The normalized spacial score (nSPS) is 18.0. The molecular formula is C16H17ClN4O. The van der Waals surface area contributed by atoms with Gasteiger partial charge in [0, 0.05) is 36.2 Å².